The summed E-state index contributed by atoms with van der Waals surface area (Å²) in [5, 5.41) is 3.54. The Kier molecular flexibility index (Phi) is 3.37. The molecule has 16 heavy (non-hydrogen) atoms. The van der Waals surface area contributed by atoms with Crippen molar-refractivity contribution in [3.8, 4) is 0 Å². The van der Waals surface area contributed by atoms with Crippen molar-refractivity contribution in [3.05, 3.63) is 23.8 Å². The average molecular weight is 218 g/mol. The Morgan fingerprint density at radius 2 is 2.25 bits per heavy atom. The molecule has 1 aliphatic heterocycles. The lowest BCUT2D eigenvalue weighted by atomic mass is 9.98. The summed E-state index contributed by atoms with van der Waals surface area (Å²) in [6.07, 6.45) is 3.65. The van der Waals surface area contributed by atoms with E-state index in [2.05, 4.69) is 49.3 Å². The van der Waals surface area contributed by atoms with E-state index < -0.39 is 0 Å². The van der Waals surface area contributed by atoms with Gasteiger partial charge in [-0.15, -0.1) is 0 Å². The van der Waals surface area contributed by atoms with E-state index in [0.29, 0.717) is 6.04 Å². The fourth-order valence-electron chi connectivity index (χ4n) is 2.34. The summed E-state index contributed by atoms with van der Waals surface area (Å²) in [4.78, 5) is 2.33. The molecule has 1 heterocycles. The molecule has 1 atom stereocenters. The number of hydrogen-bond acceptors (Lipinski definition) is 2. The highest BCUT2D eigenvalue weighted by molar-refractivity contribution is 5.62. The van der Waals surface area contributed by atoms with Crippen LogP contribution in [0.15, 0.2) is 18.2 Å². The fraction of sp³-hybridized carbons (Fsp3) is 0.571. The van der Waals surface area contributed by atoms with E-state index >= 15 is 0 Å². The first-order valence-electron chi connectivity index (χ1n) is 6.31. The Morgan fingerprint density at radius 1 is 1.44 bits per heavy atom. The molecule has 1 aromatic carbocycles. The lowest BCUT2D eigenvalue weighted by molar-refractivity contribution is 0.680. The van der Waals surface area contributed by atoms with E-state index in [1.54, 1.807) is 0 Å². The van der Waals surface area contributed by atoms with Crippen molar-refractivity contribution in [2.75, 3.05) is 23.8 Å². The zero-order valence-corrected chi connectivity index (χ0v) is 10.6. The van der Waals surface area contributed by atoms with Gasteiger partial charge in [-0.2, -0.15) is 0 Å². The molecule has 0 aliphatic carbocycles. The van der Waals surface area contributed by atoms with Crippen LogP contribution in [0.3, 0.4) is 0 Å². The molecule has 0 bridgehead atoms. The van der Waals surface area contributed by atoms with Gasteiger partial charge >= 0.3 is 0 Å². The van der Waals surface area contributed by atoms with Crippen molar-refractivity contribution in [1.29, 1.82) is 0 Å². The Hall–Kier alpha value is -1.18. The Labute approximate surface area is 98.7 Å². The van der Waals surface area contributed by atoms with Crippen LogP contribution >= 0.6 is 0 Å². The van der Waals surface area contributed by atoms with Gasteiger partial charge in [-0.1, -0.05) is 6.92 Å². The summed E-state index contributed by atoms with van der Waals surface area (Å²) in [5.74, 6) is 0. The lowest BCUT2D eigenvalue weighted by Crippen LogP contribution is -2.23. The third-order valence-corrected chi connectivity index (χ3v) is 3.34. The summed E-state index contributed by atoms with van der Waals surface area (Å²) in [6, 6.07) is 7.40. The van der Waals surface area contributed by atoms with Gasteiger partial charge in [0.05, 0.1) is 0 Å². The summed E-state index contributed by atoms with van der Waals surface area (Å²) in [6.45, 7) is 5.60. The molecule has 88 valence electrons. The van der Waals surface area contributed by atoms with Crippen LogP contribution in [0, 0.1) is 0 Å². The van der Waals surface area contributed by atoms with E-state index in [4.69, 9.17) is 0 Å². The normalized spacial score (nSPS) is 18.8. The molecule has 1 aromatic rings. The maximum absolute atomic E-state index is 3.54. The van der Waals surface area contributed by atoms with Crippen molar-refractivity contribution < 1.29 is 0 Å². The second kappa shape index (κ2) is 4.77. The molecule has 1 N–H and O–H groups in total. The smallest absolute Gasteiger partial charge is 0.0376 e. The average Bonchev–Trinajstić information content (AvgIpc) is 2.28. The summed E-state index contributed by atoms with van der Waals surface area (Å²) in [7, 11) is 2.17. The van der Waals surface area contributed by atoms with E-state index in [1.807, 2.05) is 0 Å². The minimum absolute atomic E-state index is 0.617. The highest BCUT2D eigenvalue weighted by atomic mass is 15.1. The van der Waals surface area contributed by atoms with Gasteiger partial charge in [0.15, 0.2) is 0 Å². The monoisotopic (exact) mass is 218 g/mol. The molecule has 0 fully saturated rings. The van der Waals surface area contributed by atoms with E-state index in [1.165, 1.54) is 36.2 Å². The third kappa shape index (κ3) is 2.31. The summed E-state index contributed by atoms with van der Waals surface area (Å²) in [5.41, 5.74) is 4.14. The van der Waals surface area contributed by atoms with Crippen LogP contribution < -0.4 is 10.2 Å². The van der Waals surface area contributed by atoms with Gasteiger partial charge < -0.3 is 10.2 Å². The lowest BCUT2D eigenvalue weighted by Gasteiger charge is -2.26. The minimum Gasteiger partial charge on any atom is -0.382 e. The fourth-order valence-corrected chi connectivity index (χ4v) is 2.34. The Balaban J connectivity index is 2.19. The number of nitrogens with zero attached hydrogens (tertiary/aromatic N) is 1. The van der Waals surface area contributed by atoms with Crippen molar-refractivity contribution in [2.24, 2.45) is 0 Å². The molecule has 0 saturated heterocycles. The van der Waals surface area contributed by atoms with Crippen molar-refractivity contribution in [1.82, 2.24) is 0 Å². The van der Waals surface area contributed by atoms with Crippen LogP contribution in [0.5, 0.6) is 0 Å². The van der Waals surface area contributed by atoms with Crippen molar-refractivity contribution in [2.45, 2.75) is 39.2 Å². The molecule has 2 rings (SSSR count). The van der Waals surface area contributed by atoms with Crippen molar-refractivity contribution >= 4 is 11.4 Å². The number of hydrogen-bond donors (Lipinski definition) is 1. The molecule has 1 unspecified atom stereocenters. The molecule has 0 spiro atoms. The van der Waals surface area contributed by atoms with Crippen molar-refractivity contribution in [3.63, 3.8) is 0 Å². The Bertz CT molecular complexity index is 360. The topological polar surface area (TPSA) is 15.3 Å². The van der Waals surface area contributed by atoms with E-state index in [9.17, 15) is 0 Å². The minimum atomic E-state index is 0.617. The van der Waals surface area contributed by atoms with Crippen LogP contribution in [0.1, 0.15) is 32.3 Å². The van der Waals surface area contributed by atoms with Gasteiger partial charge in [-0.05, 0) is 49.9 Å². The molecule has 2 heteroatoms. The Morgan fingerprint density at radius 3 is 3.00 bits per heavy atom. The molecule has 2 nitrogen and oxygen atoms in total. The number of anilines is 2. The molecule has 0 radical (unpaired) electrons. The van der Waals surface area contributed by atoms with Gasteiger partial charge in [0.25, 0.3) is 0 Å². The molecule has 0 saturated carbocycles. The first-order chi connectivity index (χ1) is 7.70. The largest absolute Gasteiger partial charge is 0.382 e. The molecular formula is C14H22N2. The summed E-state index contributed by atoms with van der Waals surface area (Å²) >= 11 is 0. The maximum Gasteiger partial charge on any atom is 0.0376 e. The quantitative estimate of drug-likeness (QED) is 0.837. The molecule has 1 aliphatic rings. The maximum atomic E-state index is 3.54. The van der Waals surface area contributed by atoms with Crippen LogP contribution in [-0.2, 0) is 6.42 Å². The number of nitrogens with one attached hydrogen (secondary N) is 1. The van der Waals surface area contributed by atoms with Gasteiger partial charge in [-0.3, -0.25) is 0 Å². The molecular weight excluding hydrogens is 196 g/mol. The predicted octanol–water partition coefficient (Wildman–Crippen LogP) is 3.28. The van der Waals surface area contributed by atoms with Gasteiger partial charge in [-0.25, -0.2) is 0 Å². The number of benzene rings is 1. The second-order valence-corrected chi connectivity index (χ2v) is 4.85. The molecule has 0 aromatic heterocycles. The van der Waals surface area contributed by atoms with Crippen LogP contribution in [0.4, 0.5) is 11.4 Å². The number of aryl methyl sites for hydroxylation is 1. The molecule has 0 amide bonds. The highest BCUT2D eigenvalue weighted by Gasteiger charge is 2.14. The second-order valence-electron chi connectivity index (χ2n) is 4.85. The zero-order valence-electron chi connectivity index (χ0n) is 10.6. The standard InChI is InChI=1S/C14H22N2/c1-4-9-16(3)13-7-8-14-12(10-13)6-5-11(2)15-14/h7-8,10-11,15H,4-6,9H2,1-3H3. The number of rotatable bonds is 3. The van der Waals surface area contributed by atoms with Crippen LogP contribution in [-0.4, -0.2) is 19.6 Å². The van der Waals surface area contributed by atoms with Gasteiger partial charge in [0.2, 0.25) is 0 Å². The van der Waals surface area contributed by atoms with E-state index in [-0.39, 0.29) is 0 Å². The SMILES string of the molecule is CCCN(C)c1ccc2c(c1)CCC(C)N2. The number of fused-ring (bicyclic) bond motifs is 1. The highest BCUT2D eigenvalue weighted by Crippen LogP contribution is 2.28. The predicted molar refractivity (Wildman–Crippen MR) is 71.4 cm³/mol. The van der Waals surface area contributed by atoms with Crippen LogP contribution in [0.25, 0.3) is 0 Å². The zero-order chi connectivity index (χ0) is 11.5. The third-order valence-electron chi connectivity index (χ3n) is 3.34. The first-order valence-corrected chi connectivity index (χ1v) is 6.31. The first kappa shape index (κ1) is 11.3. The summed E-state index contributed by atoms with van der Waals surface area (Å²) < 4.78 is 0. The van der Waals surface area contributed by atoms with E-state index in [0.717, 1.165) is 6.54 Å². The van der Waals surface area contributed by atoms with Gasteiger partial charge in [0.1, 0.15) is 0 Å². The van der Waals surface area contributed by atoms with Gasteiger partial charge in [0, 0.05) is 31.0 Å². The van der Waals surface area contributed by atoms with Crippen LogP contribution in [0.2, 0.25) is 0 Å².